The second-order valence-electron chi connectivity index (χ2n) is 5.90. The van der Waals surface area contributed by atoms with Gasteiger partial charge >= 0.3 is 0 Å². The number of methoxy groups -OCH3 is 2. The Morgan fingerprint density at radius 1 is 1.13 bits per heavy atom. The van der Waals surface area contributed by atoms with Gasteiger partial charge in [0.2, 0.25) is 5.88 Å². The van der Waals surface area contributed by atoms with Gasteiger partial charge in [-0.05, 0) is 25.2 Å². The van der Waals surface area contributed by atoms with Crippen molar-refractivity contribution in [1.82, 2.24) is 9.97 Å². The number of aromatic nitrogens is 2. The number of hydrogen-bond acceptors (Lipinski definition) is 6. The summed E-state index contributed by atoms with van der Waals surface area (Å²) >= 11 is 0. The third-order valence-electron chi connectivity index (χ3n) is 4.25. The Morgan fingerprint density at radius 2 is 1.87 bits per heavy atom. The third kappa shape index (κ3) is 3.64. The molecule has 2 atom stereocenters. The molecule has 3 rings (SSSR count). The Balaban J connectivity index is 1.74. The monoisotopic (exact) mass is 318 g/mol. The number of nitrogens with zero attached hydrogens (tertiary/aromatic N) is 2. The molecule has 1 N–H and O–H groups in total. The molecule has 2 unspecified atom stereocenters. The van der Waals surface area contributed by atoms with Crippen LogP contribution in [-0.4, -0.2) is 42.0 Å². The van der Waals surface area contributed by atoms with Gasteiger partial charge in [-0.1, -0.05) is 6.42 Å². The highest BCUT2D eigenvalue weighted by Gasteiger charge is 2.21. The minimum atomic E-state index is -0.197. The van der Waals surface area contributed by atoms with Crippen molar-refractivity contribution in [3.8, 4) is 17.4 Å². The highest BCUT2D eigenvalue weighted by Crippen LogP contribution is 2.31. The molecule has 1 aromatic heterocycles. The van der Waals surface area contributed by atoms with E-state index in [2.05, 4.69) is 9.97 Å². The lowest BCUT2D eigenvalue weighted by Crippen LogP contribution is -2.24. The SMILES string of the molecule is COc1cc2ncc(OCC3CCCC(O)C3)nc2cc1OC. The van der Waals surface area contributed by atoms with Crippen LogP contribution in [-0.2, 0) is 0 Å². The molecule has 23 heavy (non-hydrogen) atoms. The van der Waals surface area contributed by atoms with Crippen LogP contribution in [0.5, 0.6) is 17.4 Å². The summed E-state index contributed by atoms with van der Waals surface area (Å²) in [7, 11) is 3.18. The number of aliphatic hydroxyl groups excluding tert-OH is 1. The predicted octanol–water partition coefficient (Wildman–Crippen LogP) is 2.58. The molecule has 1 aliphatic rings. The van der Waals surface area contributed by atoms with E-state index in [0.717, 1.165) is 31.2 Å². The Labute approximate surface area is 135 Å². The second-order valence-corrected chi connectivity index (χ2v) is 5.90. The molecule has 0 spiro atoms. The lowest BCUT2D eigenvalue weighted by molar-refractivity contribution is 0.0800. The fourth-order valence-corrected chi connectivity index (χ4v) is 3.01. The van der Waals surface area contributed by atoms with Gasteiger partial charge < -0.3 is 19.3 Å². The largest absolute Gasteiger partial charge is 0.493 e. The fourth-order valence-electron chi connectivity index (χ4n) is 3.01. The van der Waals surface area contributed by atoms with Gasteiger partial charge in [-0.15, -0.1) is 0 Å². The predicted molar refractivity (Wildman–Crippen MR) is 86.1 cm³/mol. The first-order chi connectivity index (χ1) is 11.2. The van der Waals surface area contributed by atoms with E-state index in [1.165, 1.54) is 0 Å². The van der Waals surface area contributed by atoms with Crippen molar-refractivity contribution in [3.05, 3.63) is 18.3 Å². The number of fused-ring (bicyclic) bond motifs is 1. The number of rotatable bonds is 5. The second kappa shape index (κ2) is 7.00. The fraction of sp³-hybridized carbons (Fsp3) is 0.529. The van der Waals surface area contributed by atoms with Gasteiger partial charge in [0.25, 0.3) is 0 Å². The van der Waals surface area contributed by atoms with Crippen LogP contribution in [0.4, 0.5) is 0 Å². The zero-order valence-corrected chi connectivity index (χ0v) is 13.5. The first-order valence-electron chi connectivity index (χ1n) is 7.89. The van der Waals surface area contributed by atoms with Crippen LogP contribution < -0.4 is 14.2 Å². The zero-order chi connectivity index (χ0) is 16.2. The van der Waals surface area contributed by atoms with E-state index in [-0.39, 0.29) is 6.10 Å². The summed E-state index contributed by atoms with van der Waals surface area (Å²) in [6.45, 7) is 0.560. The molecule has 0 saturated heterocycles. The molecule has 0 aliphatic heterocycles. The quantitative estimate of drug-likeness (QED) is 0.913. The summed E-state index contributed by atoms with van der Waals surface area (Å²) in [5, 5.41) is 9.72. The molecule has 2 aromatic rings. The lowest BCUT2D eigenvalue weighted by atomic mass is 9.88. The number of hydrogen-bond donors (Lipinski definition) is 1. The molecule has 0 bridgehead atoms. The van der Waals surface area contributed by atoms with E-state index in [1.807, 2.05) is 0 Å². The number of aliphatic hydroxyl groups is 1. The van der Waals surface area contributed by atoms with Gasteiger partial charge in [-0.2, -0.15) is 0 Å². The van der Waals surface area contributed by atoms with Crippen LogP contribution in [0.15, 0.2) is 18.3 Å². The van der Waals surface area contributed by atoms with Crippen molar-refractivity contribution in [2.24, 2.45) is 5.92 Å². The molecule has 124 valence electrons. The van der Waals surface area contributed by atoms with Crippen molar-refractivity contribution in [1.29, 1.82) is 0 Å². The molecule has 0 amide bonds. The van der Waals surface area contributed by atoms with E-state index in [1.54, 1.807) is 32.5 Å². The van der Waals surface area contributed by atoms with Gasteiger partial charge in [-0.3, -0.25) is 0 Å². The van der Waals surface area contributed by atoms with Gasteiger partial charge in [-0.25, -0.2) is 9.97 Å². The Bertz CT molecular complexity index is 677. The molecule has 1 fully saturated rings. The van der Waals surface area contributed by atoms with Crippen molar-refractivity contribution in [2.45, 2.75) is 31.8 Å². The Hall–Kier alpha value is -2.08. The van der Waals surface area contributed by atoms with E-state index < -0.39 is 0 Å². The van der Waals surface area contributed by atoms with Crippen LogP contribution >= 0.6 is 0 Å². The molecule has 1 aromatic carbocycles. The maximum absolute atomic E-state index is 9.72. The van der Waals surface area contributed by atoms with E-state index >= 15 is 0 Å². The summed E-state index contributed by atoms with van der Waals surface area (Å²) in [6.07, 6.45) is 5.25. The average molecular weight is 318 g/mol. The molecular formula is C17H22N2O4. The maximum Gasteiger partial charge on any atom is 0.232 e. The number of benzene rings is 1. The minimum Gasteiger partial charge on any atom is -0.493 e. The lowest BCUT2D eigenvalue weighted by Gasteiger charge is -2.25. The first-order valence-corrected chi connectivity index (χ1v) is 7.89. The highest BCUT2D eigenvalue weighted by molar-refractivity contribution is 5.79. The molecule has 1 aliphatic carbocycles. The molecule has 6 nitrogen and oxygen atoms in total. The summed E-state index contributed by atoms with van der Waals surface area (Å²) in [5.74, 6) is 2.10. The highest BCUT2D eigenvalue weighted by atomic mass is 16.5. The van der Waals surface area contributed by atoms with Crippen molar-refractivity contribution in [2.75, 3.05) is 20.8 Å². The molecular weight excluding hydrogens is 296 g/mol. The standard InChI is InChI=1S/C17H22N2O4/c1-21-15-7-13-14(8-16(15)22-2)19-17(9-18-13)23-10-11-4-3-5-12(20)6-11/h7-9,11-12,20H,3-6,10H2,1-2H3. The first kappa shape index (κ1) is 15.8. The minimum absolute atomic E-state index is 0.197. The topological polar surface area (TPSA) is 73.7 Å². The van der Waals surface area contributed by atoms with Gasteiger partial charge in [0.15, 0.2) is 11.5 Å². The molecule has 1 heterocycles. The van der Waals surface area contributed by atoms with Crippen molar-refractivity contribution in [3.63, 3.8) is 0 Å². The molecule has 1 saturated carbocycles. The average Bonchev–Trinajstić information content (AvgIpc) is 2.58. The Morgan fingerprint density at radius 3 is 2.57 bits per heavy atom. The summed E-state index contributed by atoms with van der Waals surface area (Å²) in [6, 6.07) is 3.58. The van der Waals surface area contributed by atoms with Crippen LogP contribution in [0.3, 0.4) is 0 Å². The van der Waals surface area contributed by atoms with E-state index in [4.69, 9.17) is 14.2 Å². The number of ether oxygens (including phenoxy) is 3. The van der Waals surface area contributed by atoms with Crippen LogP contribution in [0, 0.1) is 5.92 Å². The summed E-state index contributed by atoms with van der Waals surface area (Å²) < 4.78 is 16.3. The molecule has 6 heteroatoms. The normalized spacial score (nSPS) is 21.2. The van der Waals surface area contributed by atoms with E-state index in [0.29, 0.717) is 35.4 Å². The van der Waals surface area contributed by atoms with Gasteiger partial charge in [0.1, 0.15) is 0 Å². The van der Waals surface area contributed by atoms with Crippen molar-refractivity contribution < 1.29 is 19.3 Å². The van der Waals surface area contributed by atoms with Gasteiger partial charge in [0, 0.05) is 12.1 Å². The molecule has 0 radical (unpaired) electrons. The van der Waals surface area contributed by atoms with Crippen molar-refractivity contribution >= 4 is 11.0 Å². The third-order valence-corrected chi connectivity index (χ3v) is 4.25. The van der Waals surface area contributed by atoms with Crippen LogP contribution in [0.1, 0.15) is 25.7 Å². The summed E-state index contributed by atoms with van der Waals surface area (Å²) in [4.78, 5) is 8.85. The summed E-state index contributed by atoms with van der Waals surface area (Å²) in [5.41, 5.74) is 1.42. The smallest absolute Gasteiger partial charge is 0.232 e. The van der Waals surface area contributed by atoms with Gasteiger partial charge in [0.05, 0.1) is 44.2 Å². The Kier molecular flexibility index (Phi) is 4.81. The van der Waals surface area contributed by atoms with Crippen LogP contribution in [0.25, 0.3) is 11.0 Å². The van der Waals surface area contributed by atoms with Crippen LogP contribution in [0.2, 0.25) is 0 Å². The van der Waals surface area contributed by atoms with E-state index in [9.17, 15) is 5.11 Å². The zero-order valence-electron chi connectivity index (χ0n) is 13.5. The maximum atomic E-state index is 9.72.